The molecule has 0 radical (unpaired) electrons. The van der Waals surface area contributed by atoms with Gasteiger partial charge < -0.3 is 9.88 Å². The van der Waals surface area contributed by atoms with Crippen LogP contribution in [0.4, 0.5) is 0 Å². The Morgan fingerprint density at radius 2 is 2.04 bits per heavy atom. The fourth-order valence-electron chi connectivity index (χ4n) is 2.36. The summed E-state index contributed by atoms with van der Waals surface area (Å²) in [5.74, 6) is -0.0190. The fourth-order valence-corrected chi connectivity index (χ4v) is 2.36. The summed E-state index contributed by atoms with van der Waals surface area (Å²) in [7, 11) is 0. The van der Waals surface area contributed by atoms with Crippen molar-refractivity contribution in [1.29, 1.82) is 0 Å². The summed E-state index contributed by atoms with van der Waals surface area (Å²) in [5, 5.41) is 7.08. The van der Waals surface area contributed by atoms with Crippen LogP contribution in [0.1, 0.15) is 18.0 Å². The van der Waals surface area contributed by atoms with Crippen LogP contribution in [0, 0.1) is 0 Å². The minimum atomic E-state index is -0.103. The van der Waals surface area contributed by atoms with Gasteiger partial charge in [0.25, 0.3) is 0 Å². The largest absolute Gasteiger partial charge is 0.347 e. The summed E-state index contributed by atoms with van der Waals surface area (Å²) < 4.78 is 3.60. The number of benzene rings is 1. The van der Waals surface area contributed by atoms with Crippen LogP contribution >= 0.6 is 0 Å². The Balaban J connectivity index is 1.64. The van der Waals surface area contributed by atoms with Gasteiger partial charge in [0.2, 0.25) is 5.91 Å². The highest BCUT2D eigenvalue weighted by Crippen LogP contribution is 2.15. The second-order valence-electron chi connectivity index (χ2n) is 5.20. The predicted molar refractivity (Wildman–Crippen MR) is 84.2 cm³/mol. The minimum absolute atomic E-state index is 0.0190. The standard InChI is InChI=1S/C16H18N6O/c23-16(6-8-22-13-18-11-19-22)20-15(10-21-9-7-17-12-21)14-4-2-1-3-5-14/h1-5,7,9,11-13,15H,6,8,10H2,(H,20,23)/t15-/m1/s1. The molecule has 0 spiro atoms. The van der Waals surface area contributed by atoms with Gasteiger partial charge in [-0.1, -0.05) is 30.3 Å². The van der Waals surface area contributed by atoms with Crippen LogP contribution in [0.2, 0.25) is 0 Å². The summed E-state index contributed by atoms with van der Waals surface area (Å²) in [4.78, 5) is 20.2. The monoisotopic (exact) mass is 310 g/mol. The lowest BCUT2D eigenvalue weighted by atomic mass is 10.1. The maximum absolute atomic E-state index is 12.3. The van der Waals surface area contributed by atoms with Crippen molar-refractivity contribution in [2.24, 2.45) is 0 Å². The second kappa shape index (κ2) is 7.35. The van der Waals surface area contributed by atoms with Crippen LogP contribution in [0.25, 0.3) is 0 Å². The van der Waals surface area contributed by atoms with E-state index in [1.165, 1.54) is 6.33 Å². The number of carbonyl (C=O) groups excluding carboxylic acids is 1. The smallest absolute Gasteiger partial charge is 0.222 e. The Morgan fingerprint density at radius 3 is 2.74 bits per heavy atom. The summed E-state index contributed by atoms with van der Waals surface area (Å²) in [6.45, 7) is 1.15. The average molecular weight is 310 g/mol. The molecule has 0 bridgehead atoms. The number of nitrogens with one attached hydrogen (secondary N) is 1. The molecule has 2 heterocycles. The molecule has 0 unspecified atom stereocenters. The van der Waals surface area contributed by atoms with Gasteiger partial charge in [0.15, 0.2) is 0 Å². The van der Waals surface area contributed by atoms with Crippen molar-refractivity contribution in [2.75, 3.05) is 0 Å². The number of imidazole rings is 1. The topological polar surface area (TPSA) is 77.6 Å². The molecule has 0 saturated carbocycles. The van der Waals surface area contributed by atoms with E-state index in [1.54, 1.807) is 23.5 Å². The third-order valence-corrected chi connectivity index (χ3v) is 3.52. The van der Waals surface area contributed by atoms with Gasteiger partial charge in [-0.05, 0) is 5.56 Å². The predicted octanol–water partition coefficient (Wildman–Crippen LogP) is 1.42. The number of nitrogens with zero attached hydrogens (tertiary/aromatic N) is 5. The molecular formula is C16H18N6O. The Morgan fingerprint density at radius 1 is 1.17 bits per heavy atom. The van der Waals surface area contributed by atoms with Crippen LogP contribution in [-0.2, 0) is 17.9 Å². The van der Waals surface area contributed by atoms with Crippen molar-refractivity contribution in [3.05, 3.63) is 67.3 Å². The van der Waals surface area contributed by atoms with E-state index in [4.69, 9.17) is 0 Å². The molecule has 118 valence electrons. The van der Waals surface area contributed by atoms with E-state index in [0.717, 1.165) is 5.56 Å². The first kappa shape index (κ1) is 15.0. The van der Waals surface area contributed by atoms with E-state index in [1.807, 2.05) is 41.1 Å². The molecule has 2 aromatic heterocycles. The highest BCUT2D eigenvalue weighted by atomic mass is 16.1. The minimum Gasteiger partial charge on any atom is -0.347 e. The fraction of sp³-hybridized carbons (Fsp3) is 0.250. The molecule has 7 heteroatoms. The van der Waals surface area contributed by atoms with E-state index in [2.05, 4.69) is 20.4 Å². The molecule has 3 aromatic rings. The van der Waals surface area contributed by atoms with E-state index >= 15 is 0 Å². The summed E-state index contributed by atoms with van der Waals surface area (Å²) in [6.07, 6.45) is 8.79. The number of rotatable bonds is 7. The van der Waals surface area contributed by atoms with Gasteiger partial charge >= 0.3 is 0 Å². The van der Waals surface area contributed by atoms with Crippen molar-refractivity contribution in [3.8, 4) is 0 Å². The number of aromatic nitrogens is 5. The number of hydrogen-bond acceptors (Lipinski definition) is 4. The first-order valence-corrected chi connectivity index (χ1v) is 7.44. The highest BCUT2D eigenvalue weighted by molar-refractivity contribution is 5.76. The molecule has 1 atom stereocenters. The Labute approximate surface area is 134 Å². The van der Waals surface area contributed by atoms with Gasteiger partial charge in [-0.15, -0.1) is 0 Å². The Bertz CT molecular complexity index is 708. The van der Waals surface area contributed by atoms with Gasteiger partial charge in [-0.3, -0.25) is 9.48 Å². The van der Waals surface area contributed by atoms with Crippen molar-refractivity contribution in [1.82, 2.24) is 29.6 Å². The summed E-state index contributed by atoms with van der Waals surface area (Å²) in [6, 6.07) is 9.83. The second-order valence-corrected chi connectivity index (χ2v) is 5.20. The maximum atomic E-state index is 12.3. The van der Waals surface area contributed by atoms with E-state index in [-0.39, 0.29) is 11.9 Å². The zero-order chi connectivity index (χ0) is 15.9. The average Bonchev–Trinajstić information content (AvgIpc) is 3.27. The summed E-state index contributed by atoms with van der Waals surface area (Å²) in [5.41, 5.74) is 1.07. The molecule has 0 saturated heterocycles. The lowest BCUT2D eigenvalue weighted by Gasteiger charge is -2.20. The third kappa shape index (κ3) is 4.26. The lowest BCUT2D eigenvalue weighted by molar-refractivity contribution is -0.122. The van der Waals surface area contributed by atoms with Gasteiger partial charge in [-0.2, -0.15) is 5.10 Å². The van der Waals surface area contributed by atoms with Crippen LogP contribution in [0.3, 0.4) is 0 Å². The van der Waals surface area contributed by atoms with Gasteiger partial charge in [0.1, 0.15) is 12.7 Å². The molecule has 3 rings (SSSR count). The molecule has 1 aromatic carbocycles. The zero-order valence-electron chi connectivity index (χ0n) is 12.6. The molecule has 1 N–H and O–H groups in total. The molecule has 0 aliphatic rings. The number of amides is 1. The van der Waals surface area contributed by atoms with Gasteiger partial charge in [0, 0.05) is 25.4 Å². The van der Waals surface area contributed by atoms with Crippen LogP contribution < -0.4 is 5.32 Å². The molecule has 0 fully saturated rings. The van der Waals surface area contributed by atoms with E-state index in [9.17, 15) is 4.79 Å². The Hall–Kier alpha value is -2.96. The molecule has 1 amide bonds. The van der Waals surface area contributed by atoms with Crippen molar-refractivity contribution < 1.29 is 4.79 Å². The van der Waals surface area contributed by atoms with E-state index < -0.39 is 0 Å². The molecule has 0 aliphatic carbocycles. The Kier molecular flexibility index (Phi) is 4.78. The summed E-state index contributed by atoms with van der Waals surface area (Å²) >= 11 is 0. The number of aryl methyl sites for hydroxylation is 1. The van der Waals surface area contributed by atoms with Crippen LogP contribution in [0.5, 0.6) is 0 Å². The highest BCUT2D eigenvalue weighted by Gasteiger charge is 2.15. The number of carbonyl (C=O) groups is 1. The van der Waals surface area contributed by atoms with Crippen LogP contribution in [-0.4, -0.2) is 30.2 Å². The van der Waals surface area contributed by atoms with Crippen molar-refractivity contribution in [2.45, 2.75) is 25.6 Å². The SMILES string of the molecule is O=C(CCn1cncn1)N[C@H](Cn1ccnc1)c1ccccc1. The third-order valence-electron chi connectivity index (χ3n) is 3.52. The quantitative estimate of drug-likeness (QED) is 0.716. The lowest BCUT2D eigenvalue weighted by Crippen LogP contribution is -2.31. The van der Waals surface area contributed by atoms with E-state index in [0.29, 0.717) is 19.5 Å². The molecule has 0 aliphatic heterocycles. The molecular weight excluding hydrogens is 292 g/mol. The first-order valence-electron chi connectivity index (χ1n) is 7.44. The zero-order valence-corrected chi connectivity index (χ0v) is 12.6. The number of hydrogen-bond donors (Lipinski definition) is 1. The van der Waals surface area contributed by atoms with Crippen molar-refractivity contribution in [3.63, 3.8) is 0 Å². The maximum Gasteiger partial charge on any atom is 0.222 e. The molecule has 7 nitrogen and oxygen atoms in total. The molecule has 23 heavy (non-hydrogen) atoms. The van der Waals surface area contributed by atoms with Crippen molar-refractivity contribution >= 4 is 5.91 Å². The first-order chi connectivity index (χ1) is 11.3. The van der Waals surface area contributed by atoms with Crippen LogP contribution in [0.15, 0.2) is 61.7 Å². The van der Waals surface area contributed by atoms with Gasteiger partial charge in [-0.25, -0.2) is 9.97 Å². The normalized spacial score (nSPS) is 12.0. The van der Waals surface area contributed by atoms with Gasteiger partial charge in [0.05, 0.1) is 18.9 Å².